The largest absolute Gasteiger partial charge is 0.438 e. The summed E-state index contributed by atoms with van der Waals surface area (Å²) in [4.78, 5) is 78.1. The summed E-state index contributed by atoms with van der Waals surface area (Å²) in [6.45, 7) is 4.08. The molecular weight excluding hydrogens is 480 g/mol. The van der Waals surface area contributed by atoms with Crippen molar-refractivity contribution in [2.24, 2.45) is 5.92 Å². The predicted octanol–water partition coefficient (Wildman–Crippen LogP) is 1.63. The van der Waals surface area contributed by atoms with Gasteiger partial charge in [-0.05, 0) is 24.8 Å². The van der Waals surface area contributed by atoms with Crippen LogP contribution >= 0.6 is 0 Å². The summed E-state index contributed by atoms with van der Waals surface area (Å²) in [5.41, 5.74) is -0.328. The molecule has 0 aliphatic carbocycles. The molecule has 200 valence electrons. The van der Waals surface area contributed by atoms with Crippen LogP contribution in [0.5, 0.6) is 0 Å². The number of nitrogens with one attached hydrogen (secondary N) is 2. The highest BCUT2D eigenvalue weighted by Crippen LogP contribution is 2.15. The summed E-state index contributed by atoms with van der Waals surface area (Å²) >= 11 is 0. The Labute approximate surface area is 215 Å². The number of nitrogens with zero attached hydrogens (tertiary/aromatic N) is 2. The summed E-state index contributed by atoms with van der Waals surface area (Å²) in [6, 6.07) is 1.90. The van der Waals surface area contributed by atoms with Gasteiger partial charge in [0.1, 0.15) is 0 Å². The molecule has 0 saturated carbocycles. The van der Waals surface area contributed by atoms with E-state index in [0.29, 0.717) is 12.3 Å². The lowest BCUT2D eigenvalue weighted by molar-refractivity contribution is -0.137. The molecule has 0 aromatic carbocycles. The fourth-order valence-electron chi connectivity index (χ4n) is 3.89. The highest BCUT2D eigenvalue weighted by atomic mass is 16.3. The number of oxazole rings is 1. The Morgan fingerprint density at radius 1 is 1.08 bits per heavy atom. The van der Waals surface area contributed by atoms with Gasteiger partial charge in [0.25, 0.3) is 17.4 Å². The molecule has 2 N–H and O–H groups in total. The van der Waals surface area contributed by atoms with E-state index in [0.717, 1.165) is 25.7 Å². The highest BCUT2D eigenvalue weighted by Gasteiger charge is 2.26. The van der Waals surface area contributed by atoms with Crippen LogP contribution in [0.3, 0.4) is 0 Å². The minimum absolute atomic E-state index is 0.0672. The topological polar surface area (TPSA) is 157 Å². The van der Waals surface area contributed by atoms with Crippen LogP contribution in [0.25, 0.3) is 0 Å². The average molecular weight is 515 g/mol. The Hall–Kier alpha value is -3.89. The van der Waals surface area contributed by atoms with E-state index in [1.54, 1.807) is 6.07 Å². The zero-order valence-corrected chi connectivity index (χ0v) is 21.5. The number of hydrogen-bond acceptors (Lipinski definition) is 8. The van der Waals surface area contributed by atoms with Gasteiger partial charge in [0.2, 0.25) is 11.5 Å². The number of carbonyl (C=O) groups is 5. The van der Waals surface area contributed by atoms with Crippen LogP contribution < -0.4 is 16.2 Å². The molecule has 0 saturated heterocycles. The van der Waals surface area contributed by atoms with E-state index in [9.17, 15) is 28.8 Å². The van der Waals surface area contributed by atoms with Crippen LogP contribution in [0.2, 0.25) is 0 Å². The number of aromatic nitrogens is 2. The van der Waals surface area contributed by atoms with Gasteiger partial charge in [-0.2, -0.15) is 0 Å². The maximum Gasteiger partial charge on any atom is 0.289 e. The van der Waals surface area contributed by atoms with Gasteiger partial charge >= 0.3 is 0 Å². The second kappa shape index (κ2) is 14.6. The van der Waals surface area contributed by atoms with Crippen LogP contribution in [0, 0.1) is 5.92 Å². The Balaban J connectivity index is 2.13. The van der Waals surface area contributed by atoms with Crippen molar-refractivity contribution < 1.29 is 28.4 Å². The first-order chi connectivity index (χ1) is 17.7. The molecule has 1 atom stereocenters. The first-order valence-electron chi connectivity index (χ1n) is 12.4. The smallest absolute Gasteiger partial charge is 0.289 e. The maximum absolute atomic E-state index is 13.1. The van der Waals surface area contributed by atoms with Gasteiger partial charge in [-0.25, -0.2) is 4.98 Å². The third-order valence-electron chi connectivity index (χ3n) is 6.29. The van der Waals surface area contributed by atoms with E-state index in [2.05, 4.69) is 29.5 Å². The van der Waals surface area contributed by atoms with Crippen molar-refractivity contribution in [3.63, 3.8) is 0 Å². The zero-order chi connectivity index (χ0) is 27.4. The van der Waals surface area contributed by atoms with Gasteiger partial charge < -0.3 is 19.6 Å². The van der Waals surface area contributed by atoms with E-state index >= 15 is 0 Å². The molecule has 11 heteroatoms. The molecule has 37 heavy (non-hydrogen) atoms. The van der Waals surface area contributed by atoms with Crippen molar-refractivity contribution in [1.82, 2.24) is 20.2 Å². The highest BCUT2D eigenvalue weighted by molar-refractivity contribution is 6.36. The number of rotatable bonds is 16. The van der Waals surface area contributed by atoms with Gasteiger partial charge in [0, 0.05) is 38.1 Å². The van der Waals surface area contributed by atoms with Crippen LogP contribution in [0.4, 0.5) is 0 Å². The summed E-state index contributed by atoms with van der Waals surface area (Å²) in [5, 5.41) is 4.70. The molecule has 0 unspecified atom stereocenters. The molecular formula is C26H34N4O7. The van der Waals surface area contributed by atoms with Gasteiger partial charge in [-0.15, -0.1) is 0 Å². The molecule has 2 heterocycles. The number of pyridine rings is 1. The normalized spacial score (nSPS) is 11.7. The van der Waals surface area contributed by atoms with Crippen LogP contribution in [-0.4, -0.2) is 51.8 Å². The number of ketones is 3. The van der Waals surface area contributed by atoms with E-state index in [1.807, 2.05) is 0 Å². The predicted molar refractivity (Wildman–Crippen MR) is 134 cm³/mol. The molecule has 0 spiro atoms. The summed E-state index contributed by atoms with van der Waals surface area (Å²) in [5.74, 6) is -2.56. The summed E-state index contributed by atoms with van der Waals surface area (Å²) in [7, 11) is 1.31. The molecule has 0 bridgehead atoms. The van der Waals surface area contributed by atoms with Crippen molar-refractivity contribution in [3.8, 4) is 0 Å². The van der Waals surface area contributed by atoms with E-state index < -0.39 is 35.0 Å². The Kier molecular flexibility index (Phi) is 11.6. The van der Waals surface area contributed by atoms with Crippen molar-refractivity contribution in [1.29, 1.82) is 0 Å². The summed E-state index contributed by atoms with van der Waals surface area (Å²) in [6.07, 6.45) is 6.05. The lowest BCUT2D eigenvalue weighted by atomic mass is 9.96. The Morgan fingerprint density at radius 2 is 1.81 bits per heavy atom. The first-order valence-corrected chi connectivity index (χ1v) is 12.4. The average Bonchev–Trinajstić information content (AvgIpc) is 3.44. The molecule has 2 aromatic heterocycles. The third-order valence-corrected chi connectivity index (χ3v) is 6.29. The molecule has 0 aliphatic heterocycles. The number of hydrogen-bond donors (Lipinski definition) is 2. The maximum atomic E-state index is 13.1. The SMILES string of the molecule is CCC(CC)CCC(=O)Cn1cccc(CC(=O)[C@H](CCC(=O)C(=O)NC)NC(=O)c2cnco2)c1=O. The van der Waals surface area contributed by atoms with Gasteiger partial charge in [0.15, 0.2) is 18.0 Å². The summed E-state index contributed by atoms with van der Waals surface area (Å²) < 4.78 is 6.22. The number of Topliss-reactive ketones (excluding diaryl/α,β-unsaturated/α-hetero) is 3. The second-order valence-electron chi connectivity index (χ2n) is 8.80. The van der Waals surface area contributed by atoms with E-state index in [1.165, 1.54) is 30.1 Å². The number of likely N-dealkylation sites (N-methyl/N-ethyl adjacent to an activating group) is 1. The Bertz CT molecular complexity index is 1150. The van der Waals surface area contributed by atoms with Gasteiger partial charge in [-0.3, -0.25) is 28.8 Å². The van der Waals surface area contributed by atoms with Crippen molar-refractivity contribution >= 4 is 29.2 Å². The quantitative estimate of drug-likeness (QED) is 0.320. The zero-order valence-electron chi connectivity index (χ0n) is 21.5. The monoisotopic (exact) mass is 514 g/mol. The lowest BCUT2D eigenvalue weighted by Gasteiger charge is -2.17. The molecule has 2 amide bonds. The molecule has 2 rings (SSSR count). The standard InChI is InChI=1S/C26H34N4O7/c1-4-17(5-2)8-9-19(31)15-30-12-6-7-18(26(30)36)13-22(33)20(10-11-21(32)24(34)27-3)29-25(35)23-14-28-16-37-23/h6-7,12,14,16-17,20H,4-5,8-11,13,15H2,1-3H3,(H,27,34)(H,29,35)/t20-/m0/s1. The first kappa shape index (κ1) is 29.3. The fraction of sp³-hybridized carbons (Fsp3) is 0.500. The van der Waals surface area contributed by atoms with Crippen LogP contribution in [0.15, 0.2) is 40.1 Å². The van der Waals surface area contributed by atoms with Crippen LogP contribution in [0.1, 0.15) is 68.5 Å². The van der Waals surface area contributed by atoms with Crippen molar-refractivity contribution in [2.75, 3.05) is 7.05 Å². The van der Waals surface area contributed by atoms with Crippen molar-refractivity contribution in [2.45, 2.75) is 71.4 Å². The minimum atomic E-state index is -1.17. The Morgan fingerprint density at radius 3 is 2.43 bits per heavy atom. The van der Waals surface area contributed by atoms with E-state index in [4.69, 9.17) is 4.42 Å². The third kappa shape index (κ3) is 8.93. The van der Waals surface area contributed by atoms with E-state index in [-0.39, 0.29) is 42.9 Å². The van der Waals surface area contributed by atoms with Gasteiger partial charge in [-0.1, -0.05) is 32.8 Å². The molecule has 0 radical (unpaired) electrons. The minimum Gasteiger partial charge on any atom is -0.438 e. The number of carbonyl (C=O) groups excluding carboxylic acids is 5. The lowest BCUT2D eigenvalue weighted by Crippen LogP contribution is -2.43. The second-order valence-corrected chi connectivity index (χ2v) is 8.80. The fourth-order valence-corrected chi connectivity index (χ4v) is 3.89. The molecule has 0 aliphatic rings. The number of amides is 2. The van der Waals surface area contributed by atoms with Gasteiger partial charge in [0.05, 0.1) is 18.8 Å². The van der Waals surface area contributed by atoms with Crippen molar-refractivity contribution in [3.05, 3.63) is 52.6 Å². The van der Waals surface area contributed by atoms with Crippen LogP contribution in [-0.2, 0) is 32.1 Å². The molecule has 0 fully saturated rings. The molecule has 2 aromatic rings. The molecule has 11 nitrogen and oxygen atoms in total.